The van der Waals surface area contributed by atoms with Gasteiger partial charge in [-0.3, -0.25) is 4.79 Å². The molecule has 0 aromatic heterocycles. The Hall–Kier alpha value is -0.570. The van der Waals surface area contributed by atoms with Gasteiger partial charge in [-0.1, -0.05) is 6.92 Å². The van der Waals surface area contributed by atoms with Crippen LogP contribution >= 0.6 is 0 Å². The second-order valence-electron chi connectivity index (χ2n) is 2.40. The monoisotopic (exact) mass is 145 g/mol. The average Bonchev–Trinajstić information content (AvgIpc) is 1.82. The molecule has 0 unspecified atom stereocenters. The van der Waals surface area contributed by atoms with Crippen LogP contribution in [0, 0.1) is 0 Å². The van der Waals surface area contributed by atoms with Crippen molar-refractivity contribution >= 4 is 5.97 Å². The van der Waals surface area contributed by atoms with E-state index in [1.807, 2.05) is 6.92 Å². The lowest BCUT2D eigenvalue weighted by atomic mass is 10.2. The summed E-state index contributed by atoms with van der Waals surface area (Å²) in [4.78, 5) is 10.7. The van der Waals surface area contributed by atoms with Gasteiger partial charge in [0.05, 0.1) is 13.0 Å². The largest absolute Gasteiger partial charge is 0.466 e. The normalized spacial score (nSPS) is 12.7. The van der Waals surface area contributed by atoms with Gasteiger partial charge in [0.25, 0.3) is 0 Å². The van der Waals surface area contributed by atoms with E-state index < -0.39 is 0 Å². The Bertz CT molecular complexity index is 102. The Morgan fingerprint density at radius 3 is 2.70 bits per heavy atom. The van der Waals surface area contributed by atoms with E-state index in [1.165, 1.54) is 0 Å². The van der Waals surface area contributed by atoms with Gasteiger partial charge < -0.3 is 10.5 Å². The zero-order valence-electron chi connectivity index (χ0n) is 6.59. The standard InChI is InChI=1S/C7H15NO2/c1-3-4-10-7(9)5-6(2)8/h6H,3-5,8H2,1-2H3/t6-/m1/s1. The molecule has 1 atom stereocenters. The molecule has 3 nitrogen and oxygen atoms in total. The molecule has 0 radical (unpaired) electrons. The number of ether oxygens (including phenoxy) is 1. The van der Waals surface area contributed by atoms with E-state index in [9.17, 15) is 4.79 Å². The molecule has 0 spiro atoms. The third kappa shape index (κ3) is 5.56. The molecule has 0 bridgehead atoms. The van der Waals surface area contributed by atoms with Crippen LogP contribution in [0.1, 0.15) is 26.7 Å². The summed E-state index contributed by atoms with van der Waals surface area (Å²) in [6.45, 7) is 4.25. The average molecular weight is 145 g/mol. The summed E-state index contributed by atoms with van der Waals surface area (Å²) in [6, 6.07) is -0.0932. The Labute approximate surface area is 61.5 Å². The maximum Gasteiger partial charge on any atom is 0.307 e. The van der Waals surface area contributed by atoms with Crippen LogP contribution in [0.4, 0.5) is 0 Å². The Kier molecular flexibility index (Phi) is 4.94. The van der Waals surface area contributed by atoms with E-state index >= 15 is 0 Å². The van der Waals surface area contributed by atoms with Gasteiger partial charge in [0.1, 0.15) is 0 Å². The molecular formula is C7H15NO2. The van der Waals surface area contributed by atoms with E-state index in [-0.39, 0.29) is 12.0 Å². The summed E-state index contributed by atoms with van der Waals surface area (Å²) in [5.41, 5.74) is 5.36. The molecule has 0 fully saturated rings. The highest BCUT2D eigenvalue weighted by molar-refractivity contribution is 5.69. The fourth-order valence-electron chi connectivity index (χ4n) is 0.538. The molecule has 0 aromatic rings. The summed E-state index contributed by atoms with van der Waals surface area (Å²) in [5, 5.41) is 0. The smallest absolute Gasteiger partial charge is 0.307 e. The van der Waals surface area contributed by atoms with Crippen LogP contribution in [0.5, 0.6) is 0 Å². The summed E-state index contributed by atoms with van der Waals surface area (Å²) in [6.07, 6.45) is 1.19. The van der Waals surface area contributed by atoms with Crippen molar-refractivity contribution in [1.29, 1.82) is 0 Å². The maximum atomic E-state index is 10.7. The molecule has 2 N–H and O–H groups in total. The highest BCUT2D eigenvalue weighted by atomic mass is 16.5. The molecule has 0 heterocycles. The van der Waals surface area contributed by atoms with Crippen molar-refractivity contribution in [2.45, 2.75) is 32.7 Å². The van der Waals surface area contributed by atoms with E-state index in [0.29, 0.717) is 13.0 Å². The zero-order valence-corrected chi connectivity index (χ0v) is 6.59. The van der Waals surface area contributed by atoms with E-state index in [0.717, 1.165) is 6.42 Å². The van der Waals surface area contributed by atoms with E-state index in [1.54, 1.807) is 6.92 Å². The van der Waals surface area contributed by atoms with E-state index in [4.69, 9.17) is 10.5 Å². The van der Waals surface area contributed by atoms with Crippen molar-refractivity contribution in [3.8, 4) is 0 Å². The molecule has 60 valence electrons. The van der Waals surface area contributed by atoms with Crippen LogP contribution < -0.4 is 5.73 Å². The number of esters is 1. The van der Waals surface area contributed by atoms with E-state index in [2.05, 4.69) is 0 Å². The van der Waals surface area contributed by atoms with Crippen LogP contribution in [0.15, 0.2) is 0 Å². The summed E-state index contributed by atoms with van der Waals surface area (Å²) >= 11 is 0. The van der Waals surface area contributed by atoms with Crippen molar-refractivity contribution in [2.75, 3.05) is 6.61 Å². The molecule has 0 aliphatic rings. The zero-order chi connectivity index (χ0) is 7.98. The molecule has 3 heteroatoms. The first kappa shape index (κ1) is 9.43. The van der Waals surface area contributed by atoms with Crippen LogP contribution in [0.2, 0.25) is 0 Å². The molecule has 0 aromatic carbocycles. The van der Waals surface area contributed by atoms with Crippen LogP contribution in [0.3, 0.4) is 0 Å². The molecule has 0 rings (SSSR count). The fraction of sp³-hybridized carbons (Fsp3) is 0.857. The molecule has 0 aliphatic heterocycles. The SMILES string of the molecule is CCCOC(=O)C[C@@H](C)N. The van der Waals surface area contributed by atoms with Crippen molar-refractivity contribution in [1.82, 2.24) is 0 Å². The lowest BCUT2D eigenvalue weighted by Gasteiger charge is -2.04. The van der Waals surface area contributed by atoms with Crippen LogP contribution in [0.25, 0.3) is 0 Å². The van der Waals surface area contributed by atoms with Crippen LogP contribution in [-0.2, 0) is 9.53 Å². The maximum absolute atomic E-state index is 10.7. The lowest BCUT2D eigenvalue weighted by molar-refractivity contribution is -0.143. The number of hydrogen-bond donors (Lipinski definition) is 1. The van der Waals surface area contributed by atoms with Gasteiger partial charge in [0, 0.05) is 6.04 Å². The van der Waals surface area contributed by atoms with Gasteiger partial charge in [0.15, 0.2) is 0 Å². The first-order chi connectivity index (χ1) is 4.66. The highest BCUT2D eigenvalue weighted by Crippen LogP contribution is 1.91. The van der Waals surface area contributed by atoms with Crippen molar-refractivity contribution in [3.63, 3.8) is 0 Å². The minimum Gasteiger partial charge on any atom is -0.466 e. The number of rotatable bonds is 4. The van der Waals surface area contributed by atoms with Crippen LogP contribution in [-0.4, -0.2) is 18.6 Å². The minimum atomic E-state index is -0.197. The molecular weight excluding hydrogens is 130 g/mol. The molecule has 0 amide bonds. The molecule has 0 aliphatic carbocycles. The van der Waals surface area contributed by atoms with Gasteiger partial charge in [-0.05, 0) is 13.3 Å². The number of nitrogens with two attached hydrogens (primary N) is 1. The second kappa shape index (κ2) is 5.23. The van der Waals surface area contributed by atoms with Crippen molar-refractivity contribution in [2.24, 2.45) is 5.73 Å². The second-order valence-corrected chi connectivity index (χ2v) is 2.40. The topological polar surface area (TPSA) is 52.3 Å². The van der Waals surface area contributed by atoms with Gasteiger partial charge in [-0.2, -0.15) is 0 Å². The van der Waals surface area contributed by atoms with Crippen molar-refractivity contribution in [3.05, 3.63) is 0 Å². The predicted molar refractivity (Wildman–Crippen MR) is 39.5 cm³/mol. The fourth-order valence-corrected chi connectivity index (χ4v) is 0.538. The molecule has 10 heavy (non-hydrogen) atoms. The summed E-state index contributed by atoms with van der Waals surface area (Å²) in [7, 11) is 0. The third-order valence-electron chi connectivity index (χ3n) is 0.956. The Balaban J connectivity index is 3.26. The quantitative estimate of drug-likeness (QED) is 0.592. The number of carbonyl (C=O) groups is 1. The number of hydrogen-bond acceptors (Lipinski definition) is 3. The predicted octanol–water partition coefficient (Wildman–Crippen LogP) is 0.677. The van der Waals surface area contributed by atoms with Gasteiger partial charge in [0.2, 0.25) is 0 Å². The highest BCUT2D eigenvalue weighted by Gasteiger charge is 2.04. The first-order valence-corrected chi connectivity index (χ1v) is 3.58. The Morgan fingerprint density at radius 2 is 2.30 bits per heavy atom. The summed E-state index contributed by atoms with van der Waals surface area (Å²) < 4.78 is 4.78. The number of carbonyl (C=O) groups excluding carboxylic acids is 1. The summed E-state index contributed by atoms with van der Waals surface area (Å²) in [5.74, 6) is -0.197. The first-order valence-electron chi connectivity index (χ1n) is 3.58. The van der Waals surface area contributed by atoms with Gasteiger partial charge in [-0.15, -0.1) is 0 Å². The molecule has 0 saturated heterocycles. The van der Waals surface area contributed by atoms with Gasteiger partial charge in [-0.25, -0.2) is 0 Å². The lowest BCUT2D eigenvalue weighted by Crippen LogP contribution is -2.21. The minimum absolute atomic E-state index is 0.0932. The van der Waals surface area contributed by atoms with Crippen molar-refractivity contribution < 1.29 is 9.53 Å². The third-order valence-corrected chi connectivity index (χ3v) is 0.956. The molecule has 0 saturated carbocycles. The Morgan fingerprint density at radius 1 is 1.70 bits per heavy atom. The van der Waals surface area contributed by atoms with Gasteiger partial charge >= 0.3 is 5.97 Å².